The molecule has 0 fully saturated rings. The lowest BCUT2D eigenvalue weighted by Crippen LogP contribution is -2.14. The number of hydrogen-bond donors (Lipinski definition) is 2. The van der Waals surface area contributed by atoms with Crippen molar-refractivity contribution < 1.29 is 17.2 Å². The third-order valence-electron chi connectivity index (χ3n) is 4.16. The van der Waals surface area contributed by atoms with Gasteiger partial charge >= 0.3 is 0 Å². The number of anilines is 1. The van der Waals surface area contributed by atoms with E-state index in [9.17, 15) is 17.2 Å². The molecule has 1 aromatic heterocycles. The molecule has 0 aliphatic heterocycles. The van der Waals surface area contributed by atoms with E-state index in [1.807, 2.05) is 6.07 Å². The molecule has 1 heterocycles. The van der Waals surface area contributed by atoms with Crippen LogP contribution in [0.4, 0.5) is 14.5 Å². The normalized spacial score (nSPS) is 11.6. The summed E-state index contributed by atoms with van der Waals surface area (Å²) in [5.74, 6) is -1.13. The summed E-state index contributed by atoms with van der Waals surface area (Å²) in [4.78, 5) is 2.77. The maximum atomic E-state index is 13.8. The van der Waals surface area contributed by atoms with E-state index in [1.54, 1.807) is 30.3 Å². The quantitative estimate of drug-likeness (QED) is 0.525. The van der Waals surface area contributed by atoms with Gasteiger partial charge in [-0.05, 0) is 54.1 Å². The molecule has 0 bridgehead atoms. The van der Waals surface area contributed by atoms with Crippen LogP contribution < -0.4 is 4.72 Å². The number of H-pyrrole nitrogens is 1. The first-order valence-corrected chi connectivity index (χ1v) is 9.57. The summed E-state index contributed by atoms with van der Waals surface area (Å²) < 4.78 is 54.1. The molecule has 4 rings (SSSR count). The van der Waals surface area contributed by atoms with Gasteiger partial charge in [0.1, 0.15) is 16.5 Å². The number of aromatic amines is 1. The van der Waals surface area contributed by atoms with Crippen molar-refractivity contribution in [1.82, 2.24) is 4.98 Å². The Kier molecular flexibility index (Phi) is 4.16. The van der Waals surface area contributed by atoms with Gasteiger partial charge in [-0.25, -0.2) is 17.2 Å². The van der Waals surface area contributed by atoms with Crippen LogP contribution in [0.15, 0.2) is 77.7 Å². The highest BCUT2D eigenvalue weighted by Gasteiger charge is 2.18. The van der Waals surface area contributed by atoms with E-state index in [0.29, 0.717) is 5.69 Å². The first-order valence-electron chi connectivity index (χ1n) is 8.08. The van der Waals surface area contributed by atoms with Crippen molar-refractivity contribution in [1.29, 1.82) is 0 Å². The summed E-state index contributed by atoms with van der Waals surface area (Å²) in [6.07, 6.45) is 0. The van der Waals surface area contributed by atoms with Crippen LogP contribution in [0, 0.1) is 11.6 Å². The molecule has 0 saturated carbocycles. The third kappa shape index (κ3) is 3.41. The molecule has 3 aromatic carbocycles. The number of rotatable bonds is 4. The minimum absolute atomic E-state index is 0.309. The van der Waals surface area contributed by atoms with Crippen LogP contribution in [0.5, 0.6) is 0 Å². The SMILES string of the molecule is O=S(=O)(Nc1ccc(-c2cc3cc(F)ccc3[nH]2)cc1)c1ccccc1F. The molecule has 0 radical (unpaired) electrons. The van der Waals surface area contributed by atoms with Gasteiger partial charge in [-0.15, -0.1) is 0 Å². The van der Waals surface area contributed by atoms with Crippen LogP contribution in [-0.2, 0) is 10.0 Å². The smallest absolute Gasteiger partial charge is 0.264 e. The number of benzene rings is 3. The molecule has 0 spiro atoms. The zero-order valence-electron chi connectivity index (χ0n) is 13.9. The monoisotopic (exact) mass is 384 g/mol. The lowest BCUT2D eigenvalue weighted by molar-refractivity contribution is 0.570. The standard InChI is InChI=1S/C20H14F2N2O2S/c21-15-7-10-18-14(11-15)12-19(23-18)13-5-8-16(9-6-13)24-27(25,26)20-4-2-1-3-17(20)22/h1-12,23-24H. The topological polar surface area (TPSA) is 62.0 Å². The molecule has 2 N–H and O–H groups in total. The molecule has 7 heteroatoms. The zero-order valence-corrected chi connectivity index (χ0v) is 14.7. The van der Waals surface area contributed by atoms with Crippen LogP contribution in [0.3, 0.4) is 0 Å². The summed E-state index contributed by atoms with van der Waals surface area (Å²) in [6, 6.07) is 18.1. The van der Waals surface area contributed by atoms with E-state index in [2.05, 4.69) is 9.71 Å². The van der Waals surface area contributed by atoms with Crippen molar-refractivity contribution >= 4 is 26.6 Å². The van der Waals surface area contributed by atoms with Crippen molar-refractivity contribution in [3.05, 3.63) is 84.4 Å². The predicted molar refractivity (Wildman–Crippen MR) is 101 cm³/mol. The van der Waals surface area contributed by atoms with Crippen LogP contribution in [0.25, 0.3) is 22.2 Å². The zero-order chi connectivity index (χ0) is 19.0. The van der Waals surface area contributed by atoms with E-state index < -0.39 is 20.7 Å². The van der Waals surface area contributed by atoms with Crippen molar-refractivity contribution in [2.75, 3.05) is 4.72 Å². The van der Waals surface area contributed by atoms with E-state index >= 15 is 0 Å². The molecule has 4 aromatic rings. The minimum atomic E-state index is -4.02. The molecule has 136 valence electrons. The van der Waals surface area contributed by atoms with Gasteiger partial charge in [0.2, 0.25) is 0 Å². The molecule has 4 nitrogen and oxygen atoms in total. The van der Waals surface area contributed by atoms with Gasteiger partial charge in [0.05, 0.1) is 0 Å². The van der Waals surface area contributed by atoms with Crippen molar-refractivity contribution in [3.8, 4) is 11.3 Å². The maximum absolute atomic E-state index is 13.8. The molecule has 0 aliphatic rings. The van der Waals surface area contributed by atoms with Crippen LogP contribution in [-0.4, -0.2) is 13.4 Å². The van der Waals surface area contributed by atoms with Crippen molar-refractivity contribution in [2.24, 2.45) is 0 Å². The average Bonchev–Trinajstić information content (AvgIpc) is 3.05. The Morgan fingerprint density at radius 2 is 1.59 bits per heavy atom. The maximum Gasteiger partial charge on any atom is 0.264 e. The Morgan fingerprint density at radius 3 is 2.33 bits per heavy atom. The molecule has 0 amide bonds. The highest BCUT2D eigenvalue weighted by Crippen LogP contribution is 2.26. The van der Waals surface area contributed by atoms with E-state index in [0.717, 1.165) is 28.2 Å². The summed E-state index contributed by atoms with van der Waals surface area (Å²) in [7, 11) is -4.02. The number of aromatic nitrogens is 1. The van der Waals surface area contributed by atoms with Crippen LogP contribution >= 0.6 is 0 Å². The minimum Gasteiger partial charge on any atom is -0.355 e. The molecular weight excluding hydrogens is 370 g/mol. The Morgan fingerprint density at radius 1 is 0.852 bits per heavy atom. The fraction of sp³-hybridized carbons (Fsp3) is 0. The fourth-order valence-corrected chi connectivity index (χ4v) is 3.99. The largest absolute Gasteiger partial charge is 0.355 e. The number of hydrogen-bond acceptors (Lipinski definition) is 2. The number of halogens is 2. The lowest BCUT2D eigenvalue weighted by atomic mass is 10.1. The van der Waals surface area contributed by atoms with Gasteiger partial charge < -0.3 is 4.98 Å². The van der Waals surface area contributed by atoms with Gasteiger partial charge in [0.25, 0.3) is 10.0 Å². The number of sulfonamides is 1. The summed E-state index contributed by atoms with van der Waals surface area (Å²) in [5.41, 5.74) is 2.69. The van der Waals surface area contributed by atoms with E-state index in [4.69, 9.17) is 0 Å². The molecule has 0 saturated heterocycles. The van der Waals surface area contributed by atoms with E-state index in [1.165, 1.54) is 30.3 Å². The summed E-state index contributed by atoms with van der Waals surface area (Å²) >= 11 is 0. The Hall–Kier alpha value is -3.19. The molecular formula is C20H14F2N2O2S. The highest BCUT2D eigenvalue weighted by molar-refractivity contribution is 7.92. The van der Waals surface area contributed by atoms with Crippen molar-refractivity contribution in [3.63, 3.8) is 0 Å². The Balaban J connectivity index is 1.61. The van der Waals surface area contributed by atoms with E-state index in [-0.39, 0.29) is 5.82 Å². The highest BCUT2D eigenvalue weighted by atomic mass is 32.2. The molecule has 0 atom stereocenters. The average molecular weight is 384 g/mol. The lowest BCUT2D eigenvalue weighted by Gasteiger charge is -2.09. The van der Waals surface area contributed by atoms with Crippen LogP contribution in [0.1, 0.15) is 0 Å². The third-order valence-corrected chi connectivity index (χ3v) is 5.57. The summed E-state index contributed by atoms with van der Waals surface area (Å²) in [6.45, 7) is 0. The molecule has 0 aliphatic carbocycles. The van der Waals surface area contributed by atoms with Crippen molar-refractivity contribution in [2.45, 2.75) is 4.90 Å². The first kappa shape index (κ1) is 17.2. The number of fused-ring (bicyclic) bond motifs is 1. The number of nitrogens with one attached hydrogen (secondary N) is 2. The Bertz CT molecular complexity index is 1230. The second kappa shape index (κ2) is 6.51. The van der Waals surface area contributed by atoms with Gasteiger partial charge in [0.15, 0.2) is 0 Å². The summed E-state index contributed by atoms with van der Waals surface area (Å²) in [5, 5.41) is 0.745. The van der Waals surface area contributed by atoms with Gasteiger partial charge in [-0.2, -0.15) is 0 Å². The fourth-order valence-electron chi connectivity index (χ4n) is 2.85. The van der Waals surface area contributed by atoms with Gasteiger partial charge in [-0.3, -0.25) is 4.72 Å². The first-order chi connectivity index (χ1) is 12.9. The molecule has 0 unspecified atom stereocenters. The second-order valence-electron chi connectivity index (χ2n) is 6.03. The predicted octanol–water partition coefficient (Wildman–Crippen LogP) is 4.91. The Labute approximate surface area is 154 Å². The second-order valence-corrected chi connectivity index (χ2v) is 7.68. The molecule has 27 heavy (non-hydrogen) atoms. The van der Waals surface area contributed by atoms with Gasteiger partial charge in [-0.1, -0.05) is 24.3 Å². The van der Waals surface area contributed by atoms with Gasteiger partial charge in [0, 0.05) is 22.3 Å². The van der Waals surface area contributed by atoms with Crippen LogP contribution in [0.2, 0.25) is 0 Å².